The van der Waals surface area contributed by atoms with Crippen molar-refractivity contribution >= 4 is 5.97 Å². The SMILES string of the molecule is CCCCC1(CC(C)O)CC(C)OC1=O. The van der Waals surface area contributed by atoms with Crippen molar-refractivity contribution in [3.63, 3.8) is 0 Å². The number of cyclic esters (lactones) is 1. The van der Waals surface area contributed by atoms with Crippen LogP contribution < -0.4 is 0 Å². The van der Waals surface area contributed by atoms with Gasteiger partial charge >= 0.3 is 5.97 Å². The highest BCUT2D eigenvalue weighted by molar-refractivity contribution is 5.79. The number of carbonyl (C=O) groups is 1. The van der Waals surface area contributed by atoms with E-state index < -0.39 is 11.5 Å². The van der Waals surface area contributed by atoms with E-state index >= 15 is 0 Å². The average molecular weight is 214 g/mol. The van der Waals surface area contributed by atoms with E-state index in [9.17, 15) is 9.90 Å². The summed E-state index contributed by atoms with van der Waals surface area (Å²) in [6, 6.07) is 0. The molecule has 1 saturated heterocycles. The number of unbranched alkanes of at least 4 members (excludes halogenated alkanes) is 1. The number of aliphatic hydroxyl groups excluding tert-OH is 1. The van der Waals surface area contributed by atoms with Crippen LogP contribution in [0.15, 0.2) is 0 Å². The standard InChI is InChI=1S/C12H22O3/c1-4-5-6-12(7-9(2)13)8-10(3)15-11(12)14/h9-10,13H,4-8H2,1-3H3. The van der Waals surface area contributed by atoms with Crippen molar-refractivity contribution in [3.8, 4) is 0 Å². The lowest BCUT2D eigenvalue weighted by Crippen LogP contribution is -2.30. The summed E-state index contributed by atoms with van der Waals surface area (Å²) in [4.78, 5) is 11.8. The van der Waals surface area contributed by atoms with E-state index in [1.165, 1.54) is 0 Å². The fraction of sp³-hybridized carbons (Fsp3) is 0.917. The van der Waals surface area contributed by atoms with Crippen LogP contribution in [0, 0.1) is 5.41 Å². The van der Waals surface area contributed by atoms with Gasteiger partial charge in [-0.1, -0.05) is 19.8 Å². The summed E-state index contributed by atoms with van der Waals surface area (Å²) in [6.45, 7) is 5.78. The molecule has 88 valence electrons. The molecule has 3 heteroatoms. The molecule has 15 heavy (non-hydrogen) atoms. The molecule has 1 heterocycles. The van der Waals surface area contributed by atoms with Crippen LogP contribution in [0.4, 0.5) is 0 Å². The minimum absolute atomic E-state index is 0.00751. The predicted molar refractivity (Wildman–Crippen MR) is 58.4 cm³/mol. The lowest BCUT2D eigenvalue weighted by atomic mass is 9.76. The molecule has 0 saturated carbocycles. The molecule has 0 amide bonds. The second kappa shape index (κ2) is 4.97. The molecule has 0 aromatic rings. The van der Waals surface area contributed by atoms with Gasteiger partial charge in [-0.05, 0) is 26.7 Å². The maximum Gasteiger partial charge on any atom is 0.312 e. The van der Waals surface area contributed by atoms with Crippen LogP contribution in [-0.4, -0.2) is 23.3 Å². The maximum absolute atomic E-state index is 11.8. The molecule has 0 spiro atoms. The molecular formula is C12H22O3. The summed E-state index contributed by atoms with van der Waals surface area (Å²) in [5, 5.41) is 9.47. The lowest BCUT2D eigenvalue weighted by molar-refractivity contribution is -0.150. The van der Waals surface area contributed by atoms with Gasteiger partial charge in [-0.25, -0.2) is 0 Å². The molecule has 1 N–H and O–H groups in total. The Morgan fingerprint density at radius 3 is 2.73 bits per heavy atom. The van der Waals surface area contributed by atoms with Crippen LogP contribution in [0.25, 0.3) is 0 Å². The van der Waals surface area contributed by atoms with Crippen molar-refractivity contribution in [3.05, 3.63) is 0 Å². The van der Waals surface area contributed by atoms with E-state index in [4.69, 9.17) is 4.74 Å². The Labute approximate surface area is 91.8 Å². The Hall–Kier alpha value is -0.570. The van der Waals surface area contributed by atoms with Crippen LogP contribution in [0.3, 0.4) is 0 Å². The number of esters is 1. The van der Waals surface area contributed by atoms with Gasteiger partial charge in [-0.15, -0.1) is 0 Å². The summed E-state index contributed by atoms with van der Waals surface area (Å²) in [6.07, 6.45) is 3.82. The van der Waals surface area contributed by atoms with Crippen molar-refractivity contribution in [2.75, 3.05) is 0 Å². The zero-order chi connectivity index (χ0) is 11.5. The Kier molecular flexibility index (Phi) is 4.14. The quantitative estimate of drug-likeness (QED) is 0.714. The average Bonchev–Trinajstić information content (AvgIpc) is 2.37. The summed E-state index contributed by atoms with van der Waals surface area (Å²) in [5.41, 5.74) is -0.413. The molecule has 1 rings (SSSR count). The van der Waals surface area contributed by atoms with E-state index in [1.54, 1.807) is 6.92 Å². The van der Waals surface area contributed by atoms with Crippen LogP contribution in [0.1, 0.15) is 52.9 Å². The van der Waals surface area contributed by atoms with Crippen molar-refractivity contribution in [2.24, 2.45) is 5.41 Å². The highest BCUT2D eigenvalue weighted by atomic mass is 16.6. The minimum Gasteiger partial charge on any atom is -0.462 e. The first-order valence-electron chi connectivity index (χ1n) is 5.89. The number of aliphatic hydroxyl groups is 1. The van der Waals surface area contributed by atoms with E-state index in [0.29, 0.717) is 6.42 Å². The molecular weight excluding hydrogens is 192 g/mol. The third-order valence-electron chi connectivity index (χ3n) is 3.11. The van der Waals surface area contributed by atoms with E-state index in [0.717, 1.165) is 25.7 Å². The number of ether oxygens (including phenoxy) is 1. The summed E-state index contributed by atoms with van der Waals surface area (Å²) < 4.78 is 5.23. The van der Waals surface area contributed by atoms with Crippen molar-refractivity contribution in [1.82, 2.24) is 0 Å². The monoisotopic (exact) mass is 214 g/mol. The zero-order valence-electron chi connectivity index (χ0n) is 9.95. The first-order chi connectivity index (χ1) is 7.00. The van der Waals surface area contributed by atoms with Crippen molar-refractivity contribution in [1.29, 1.82) is 0 Å². The van der Waals surface area contributed by atoms with Gasteiger partial charge in [0.05, 0.1) is 11.5 Å². The van der Waals surface area contributed by atoms with Gasteiger partial charge in [0.1, 0.15) is 6.10 Å². The summed E-state index contributed by atoms with van der Waals surface area (Å²) in [7, 11) is 0. The van der Waals surface area contributed by atoms with Crippen molar-refractivity contribution < 1.29 is 14.6 Å². The van der Waals surface area contributed by atoms with Crippen LogP contribution in [0.5, 0.6) is 0 Å². The molecule has 3 atom stereocenters. The van der Waals surface area contributed by atoms with Crippen molar-refractivity contribution in [2.45, 2.75) is 65.1 Å². The number of hydrogen-bond donors (Lipinski definition) is 1. The maximum atomic E-state index is 11.8. The van der Waals surface area contributed by atoms with Crippen LogP contribution in [0.2, 0.25) is 0 Å². The second-order valence-electron chi connectivity index (χ2n) is 4.86. The van der Waals surface area contributed by atoms with Gasteiger partial charge in [-0.2, -0.15) is 0 Å². The van der Waals surface area contributed by atoms with E-state index in [2.05, 4.69) is 6.92 Å². The Bertz CT molecular complexity index is 225. The fourth-order valence-electron chi connectivity index (χ4n) is 2.54. The third kappa shape index (κ3) is 2.94. The predicted octanol–water partition coefficient (Wildman–Crippen LogP) is 2.27. The Morgan fingerprint density at radius 2 is 2.33 bits per heavy atom. The first-order valence-corrected chi connectivity index (χ1v) is 5.89. The topological polar surface area (TPSA) is 46.5 Å². The second-order valence-corrected chi connectivity index (χ2v) is 4.86. The van der Waals surface area contributed by atoms with Gasteiger partial charge in [0, 0.05) is 6.42 Å². The zero-order valence-corrected chi connectivity index (χ0v) is 9.95. The van der Waals surface area contributed by atoms with Gasteiger partial charge in [0.2, 0.25) is 0 Å². The number of rotatable bonds is 5. The minimum atomic E-state index is -0.431. The van der Waals surface area contributed by atoms with Crippen LogP contribution >= 0.6 is 0 Å². The Balaban J connectivity index is 2.71. The Morgan fingerprint density at radius 1 is 1.67 bits per heavy atom. The molecule has 0 radical (unpaired) electrons. The van der Waals surface area contributed by atoms with Gasteiger partial charge in [-0.3, -0.25) is 4.79 Å². The van der Waals surface area contributed by atoms with Gasteiger partial charge in [0.15, 0.2) is 0 Å². The molecule has 3 unspecified atom stereocenters. The molecule has 0 aromatic heterocycles. The van der Waals surface area contributed by atoms with Gasteiger partial charge in [0.25, 0.3) is 0 Å². The summed E-state index contributed by atoms with van der Waals surface area (Å²) in [5.74, 6) is -0.107. The van der Waals surface area contributed by atoms with E-state index in [-0.39, 0.29) is 12.1 Å². The summed E-state index contributed by atoms with van der Waals surface area (Å²) >= 11 is 0. The lowest BCUT2D eigenvalue weighted by Gasteiger charge is -2.25. The first kappa shape index (κ1) is 12.5. The molecule has 1 aliphatic heterocycles. The largest absolute Gasteiger partial charge is 0.462 e. The number of carbonyl (C=O) groups excluding carboxylic acids is 1. The van der Waals surface area contributed by atoms with Gasteiger partial charge < -0.3 is 9.84 Å². The molecule has 3 nitrogen and oxygen atoms in total. The molecule has 0 aromatic carbocycles. The molecule has 1 aliphatic rings. The third-order valence-corrected chi connectivity index (χ3v) is 3.11. The smallest absolute Gasteiger partial charge is 0.312 e. The van der Waals surface area contributed by atoms with Crippen LogP contribution in [-0.2, 0) is 9.53 Å². The fourth-order valence-corrected chi connectivity index (χ4v) is 2.54. The number of hydrogen-bond acceptors (Lipinski definition) is 3. The molecule has 1 fully saturated rings. The highest BCUT2D eigenvalue weighted by Gasteiger charge is 2.47. The normalized spacial score (nSPS) is 32.8. The molecule has 0 bridgehead atoms. The molecule has 0 aliphatic carbocycles. The van der Waals surface area contributed by atoms with E-state index in [1.807, 2.05) is 6.92 Å². The highest BCUT2D eigenvalue weighted by Crippen LogP contribution is 2.42.